The molecule has 0 saturated heterocycles. The van der Waals surface area contributed by atoms with Gasteiger partial charge in [0.05, 0.1) is 11.3 Å². The van der Waals surface area contributed by atoms with E-state index < -0.39 is 28.5 Å². The summed E-state index contributed by atoms with van der Waals surface area (Å²) in [6.07, 6.45) is 4.36. The average molecular weight is 703 g/mol. The first-order chi connectivity index (χ1) is 24.9. The smallest absolute Gasteiger partial charge is 0.307 e. The van der Waals surface area contributed by atoms with E-state index in [1.165, 1.54) is 12.1 Å². The Hall–Kier alpha value is -5.77. The van der Waals surface area contributed by atoms with Crippen molar-refractivity contribution in [2.75, 3.05) is 6.54 Å². The molecule has 0 bridgehead atoms. The molecule has 1 aromatic heterocycles. The Kier molecular flexibility index (Phi) is 12.6. The second kappa shape index (κ2) is 17.4. The van der Waals surface area contributed by atoms with E-state index in [4.69, 9.17) is 4.74 Å². The molecule has 5 aromatic rings. The second-order valence-corrected chi connectivity index (χ2v) is 14.0. The number of aromatic nitrogens is 1. The maximum absolute atomic E-state index is 14.0. The summed E-state index contributed by atoms with van der Waals surface area (Å²) in [5.74, 6) is -1.85. The molecular formula is C42H46N4O6. The summed E-state index contributed by atoms with van der Waals surface area (Å²) in [6.45, 7) is 5.78. The Balaban J connectivity index is 1.28. The fourth-order valence-electron chi connectivity index (χ4n) is 6.22. The number of para-hydroxylation sites is 1. The van der Waals surface area contributed by atoms with Crippen molar-refractivity contribution in [3.8, 4) is 11.1 Å². The highest BCUT2D eigenvalue weighted by molar-refractivity contribution is 5.91. The topological polar surface area (TPSA) is 143 Å². The molecule has 0 fully saturated rings. The van der Waals surface area contributed by atoms with Crippen molar-refractivity contribution in [3.63, 3.8) is 0 Å². The van der Waals surface area contributed by atoms with Gasteiger partial charge in [0.25, 0.3) is 5.69 Å². The van der Waals surface area contributed by atoms with Crippen molar-refractivity contribution in [1.82, 2.24) is 15.6 Å². The van der Waals surface area contributed by atoms with E-state index >= 15 is 0 Å². The Morgan fingerprint density at radius 1 is 0.808 bits per heavy atom. The molecule has 2 amide bonds. The predicted molar refractivity (Wildman–Crippen MR) is 203 cm³/mol. The van der Waals surface area contributed by atoms with Crippen LogP contribution in [0.5, 0.6) is 0 Å². The lowest BCUT2D eigenvalue weighted by Crippen LogP contribution is -2.50. The minimum absolute atomic E-state index is 0.0401. The summed E-state index contributed by atoms with van der Waals surface area (Å²) in [6, 6.07) is 31.2. The van der Waals surface area contributed by atoms with Gasteiger partial charge in [-0.1, -0.05) is 72.8 Å². The number of non-ortho nitro benzene ring substituents is 1. The van der Waals surface area contributed by atoms with Gasteiger partial charge in [0, 0.05) is 48.1 Å². The number of nitrogens with zero attached hydrogens (tertiary/aromatic N) is 1. The lowest BCUT2D eigenvalue weighted by molar-refractivity contribution is -0.384. The van der Waals surface area contributed by atoms with Crippen LogP contribution in [-0.2, 0) is 38.4 Å². The van der Waals surface area contributed by atoms with Crippen molar-refractivity contribution >= 4 is 34.4 Å². The molecule has 270 valence electrons. The van der Waals surface area contributed by atoms with E-state index in [1.807, 2.05) is 85.1 Å². The molecule has 2 atom stereocenters. The zero-order valence-electron chi connectivity index (χ0n) is 29.9. The number of nitro benzene ring substituents is 1. The number of nitro groups is 1. The fourth-order valence-corrected chi connectivity index (χ4v) is 6.22. The van der Waals surface area contributed by atoms with Crippen LogP contribution in [0.15, 0.2) is 109 Å². The summed E-state index contributed by atoms with van der Waals surface area (Å²) in [7, 11) is 0. The number of rotatable bonds is 16. The van der Waals surface area contributed by atoms with Crippen LogP contribution in [0, 0.1) is 16.0 Å². The number of benzene rings is 4. The molecule has 5 rings (SSSR count). The van der Waals surface area contributed by atoms with Crippen LogP contribution in [0.3, 0.4) is 0 Å². The van der Waals surface area contributed by atoms with Gasteiger partial charge in [0.15, 0.2) is 0 Å². The number of fused-ring (bicyclic) bond motifs is 1. The maximum Gasteiger partial charge on any atom is 0.307 e. The first-order valence-electron chi connectivity index (χ1n) is 17.7. The SMILES string of the molecule is CC(C)(C)OC(=O)C[C@@H](CCCc1ccc(-c2ccc([N+](=O)[O-])cc2)cc1)C(=O)N[C@@H](Cc1c[nH]c2ccccc12)C(=O)NCCc1ccccc1. The van der Waals surface area contributed by atoms with Crippen LogP contribution >= 0.6 is 0 Å². The molecule has 0 saturated carbocycles. The van der Waals surface area contributed by atoms with Gasteiger partial charge in [-0.3, -0.25) is 24.5 Å². The second-order valence-electron chi connectivity index (χ2n) is 14.0. The van der Waals surface area contributed by atoms with E-state index in [9.17, 15) is 24.5 Å². The minimum atomic E-state index is -0.865. The lowest BCUT2D eigenvalue weighted by atomic mass is 9.94. The third-order valence-corrected chi connectivity index (χ3v) is 8.87. The first-order valence-corrected chi connectivity index (χ1v) is 17.7. The molecule has 1 heterocycles. The monoisotopic (exact) mass is 702 g/mol. The standard InChI is InChI=1S/C42H46N4O6/c1-42(2,3)52-39(47)27-33(13-9-12-30-16-18-31(19-17-30)32-20-22-35(23-21-32)46(50)51)40(48)45-38(26-34-28-44-37-15-8-7-14-36(34)37)41(49)43-25-24-29-10-5-4-6-11-29/h4-8,10-11,14-23,28,33,38,44H,9,12-13,24-27H2,1-3H3,(H,43,49)(H,45,48)/t33-,38+/m1/s1. The van der Waals surface area contributed by atoms with Crippen molar-refractivity contribution in [2.24, 2.45) is 5.92 Å². The highest BCUT2D eigenvalue weighted by Crippen LogP contribution is 2.25. The molecule has 4 aromatic carbocycles. The number of aromatic amines is 1. The van der Waals surface area contributed by atoms with Crippen LogP contribution in [0.2, 0.25) is 0 Å². The minimum Gasteiger partial charge on any atom is -0.460 e. The third-order valence-electron chi connectivity index (χ3n) is 8.87. The number of amides is 2. The molecule has 0 radical (unpaired) electrons. The van der Waals surface area contributed by atoms with Gasteiger partial charge in [-0.05, 0) is 92.5 Å². The molecule has 10 heteroatoms. The molecule has 0 spiro atoms. The molecule has 0 aliphatic rings. The number of ether oxygens (including phenoxy) is 1. The fraction of sp³-hybridized carbons (Fsp3) is 0.310. The van der Waals surface area contributed by atoms with Gasteiger partial charge < -0.3 is 20.4 Å². The summed E-state index contributed by atoms with van der Waals surface area (Å²) in [5, 5.41) is 18.0. The quantitative estimate of drug-likeness (QED) is 0.0552. The number of carbonyl (C=O) groups excluding carboxylic acids is 3. The normalized spacial score (nSPS) is 12.5. The van der Waals surface area contributed by atoms with Gasteiger partial charge in [-0.25, -0.2) is 0 Å². The van der Waals surface area contributed by atoms with Crippen LogP contribution in [0.25, 0.3) is 22.0 Å². The molecule has 0 aliphatic carbocycles. The summed E-state index contributed by atoms with van der Waals surface area (Å²) in [4.78, 5) is 54.5. The van der Waals surface area contributed by atoms with E-state index in [-0.39, 0.29) is 30.3 Å². The van der Waals surface area contributed by atoms with Crippen molar-refractivity contribution in [3.05, 3.63) is 136 Å². The van der Waals surface area contributed by atoms with Crippen molar-refractivity contribution in [1.29, 1.82) is 0 Å². The molecule has 0 aliphatic heterocycles. The Labute approximate surface area is 304 Å². The number of H-pyrrole nitrogens is 1. The third kappa shape index (κ3) is 10.9. The van der Waals surface area contributed by atoms with Gasteiger partial charge >= 0.3 is 5.97 Å². The number of nitrogens with one attached hydrogen (secondary N) is 3. The van der Waals surface area contributed by atoms with E-state index in [0.29, 0.717) is 32.2 Å². The summed E-state index contributed by atoms with van der Waals surface area (Å²) >= 11 is 0. The van der Waals surface area contributed by atoms with Gasteiger partial charge in [0.1, 0.15) is 11.6 Å². The van der Waals surface area contributed by atoms with E-state index in [1.54, 1.807) is 32.9 Å². The predicted octanol–water partition coefficient (Wildman–Crippen LogP) is 7.50. The van der Waals surface area contributed by atoms with Crippen LogP contribution in [0.1, 0.15) is 56.7 Å². The molecular weight excluding hydrogens is 656 g/mol. The number of hydrogen-bond acceptors (Lipinski definition) is 6. The number of hydrogen-bond donors (Lipinski definition) is 3. The highest BCUT2D eigenvalue weighted by Gasteiger charge is 2.29. The van der Waals surface area contributed by atoms with Crippen LogP contribution < -0.4 is 10.6 Å². The van der Waals surface area contributed by atoms with Gasteiger partial charge in [0.2, 0.25) is 11.8 Å². The summed E-state index contributed by atoms with van der Waals surface area (Å²) in [5.41, 5.74) is 5.13. The number of esters is 1. The molecule has 52 heavy (non-hydrogen) atoms. The molecule has 3 N–H and O–H groups in total. The Morgan fingerprint density at radius 2 is 1.44 bits per heavy atom. The van der Waals surface area contributed by atoms with Gasteiger partial charge in [-0.2, -0.15) is 0 Å². The van der Waals surface area contributed by atoms with Crippen LogP contribution in [0.4, 0.5) is 5.69 Å². The number of aryl methyl sites for hydroxylation is 1. The van der Waals surface area contributed by atoms with Crippen molar-refractivity contribution in [2.45, 2.75) is 70.9 Å². The van der Waals surface area contributed by atoms with E-state index in [2.05, 4.69) is 15.6 Å². The lowest BCUT2D eigenvalue weighted by Gasteiger charge is -2.24. The largest absolute Gasteiger partial charge is 0.460 e. The van der Waals surface area contributed by atoms with Crippen molar-refractivity contribution < 1.29 is 24.0 Å². The first kappa shape index (κ1) is 37.5. The Bertz CT molecular complexity index is 1960. The zero-order chi connectivity index (χ0) is 37.1. The maximum atomic E-state index is 14.0. The zero-order valence-corrected chi connectivity index (χ0v) is 29.9. The van der Waals surface area contributed by atoms with E-state index in [0.717, 1.165) is 38.7 Å². The number of carbonyl (C=O) groups is 3. The highest BCUT2D eigenvalue weighted by atomic mass is 16.6. The molecule has 10 nitrogen and oxygen atoms in total. The summed E-state index contributed by atoms with van der Waals surface area (Å²) < 4.78 is 5.60. The Morgan fingerprint density at radius 3 is 2.12 bits per heavy atom. The van der Waals surface area contributed by atoms with Crippen LogP contribution in [-0.4, -0.2) is 45.9 Å². The average Bonchev–Trinajstić information content (AvgIpc) is 3.53. The van der Waals surface area contributed by atoms with Gasteiger partial charge in [-0.15, -0.1) is 0 Å². The molecule has 0 unspecified atom stereocenters.